The van der Waals surface area contributed by atoms with Gasteiger partial charge in [-0.05, 0) is 18.2 Å². The molecule has 0 aromatic heterocycles. The zero-order chi connectivity index (χ0) is 10.8. The summed E-state index contributed by atoms with van der Waals surface area (Å²) in [5, 5.41) is 5.43. The van der Waals surface area contributed by atoms with Crippen LogP contribution in [-0.2, 0) is 9.59 Å². The Hall–Kier alpha value is -1.49. The van der Waals surface area contributed by atoms with E-state index in [4.69, 9.17) is 0 Å². The molecule has 0 saturated heterocycles. The smallest absolute Gasteiger partial charge is 0.234 e. The normalized spacial score (nSPS) is 14.1. The van der Waals surface area contributed by atoms with Crippen LogP contribution in [0.1, 0.15) is 6.92 Å². The van der Waals surface area contributed by atoms with Crippen LogP contribution in [0.25, 0.3) is 0 Å². The molecule has 2 N–H and O–H groups in total. The first kappa shape index (κ1) is 10.0. The van der Waals surface area contributed by atoms with E-state index in [-0.39, 0.29) is 11.8 Å². The number of amides is 2. The van der Waals surface area contributed by atoms with Crippen LogP contribution in [-0.4, -0.2) is 17.6 Å². The second-order valence-electron chi connectivity index (χ2n) is 3.23. The van der Waals surface area contributed by atoms with Gasteiger partial charge < -0.3 is 10.6 Å². The third kappa shape index (κ3) is 2.30. The van der Waals surface area contributed by atoms with Crippen LogP contribution in [0.4, 0.5) is 11.4 Å². The largest absolute Gasteiger partial charge is 0.326 e. The molecule has 0 unspecified atom stereocenters. The molecule has 0 aliphatic carbocycles. The van der Waals surface area contributed by atoms with Crippen LogP contribution < -0.4 is 10.6 Å². The maximum absolute atomic E-state index is 11.1. The first-order valence-electron chi connectivity index (χ1n) is 4.49. The van der Waals surface area contributed by atoms with Crippen molar-refractivity contribution in [1.82, 2.24) is 0 Å². The lowest BCUT2D eigenvalue weighted by molar-refractivity contribution is -0.114. The fourth-order valence-corrected chi connectivity index (χ4v) is 2.15. The van der Waals surface area contributed by atoms with E-state index in [9.17, 15) is 9.59 Å². The van der Waals surface area contributed by atoms with Crippen molar-refractivity contribution in [2.45, 2.75) is 11.8 Å². The monoisotopic (exact) mass is 222 g/mol. The number of rotatable bonds is 1. The lowest BCUT2D eigenvalue weighted by atomic mass is 10.2. The van der Waals surface area contributed by atoms with Crippen molar-refractivity contribution >= 4 is 35.0 Å². The third-order valence-electron chi connectivity index (χ3n) is 1.93. The van der Waals surface area contributed by atoms with Crippen LogP contribution in [0.5, 0.6) is 0 Å². The highest BCUT2D eigenvalue weighted by Gasteiger charge is 2.15. The van der Waals surface area contributed by atoms with Crippen LogP contribution in [0.15, 0.2) is 23.1 Å². The quantitative estimate of drug-likeness (QED) is 0.760. The summed E-state index contributed by atoms with van der Waals surface area (Å²) in [6, 6.07) is 5.48. The zero-order valence-corrected chi connectivity index (χ0v) is 8.98. The fourth-order valence-electron chi connectivity index (χ4n) is 1.36. The number of benzene rings is 1. The minimum Gasteiger partial charge on any atom is -0.326 e. The SMILES string of the molecule is CC(=O)Nc1ccc2c(c1)NC(=O)CS2. The molecule has 1 aliphatic heterocycles. The Kier molecular flexibility index (Phi) is 2.64. The van der Waals surface area contributed by atoms with Gasteiger partial charge in [-0.3, -0.25) is 9.59 Å². The Morgan fingerprint density at radius 1 is 1.53 bits per heavy atom. The maximum Gasteiger partial charge on any atom is 0.234 e. The highest BCUT2D eigenvalue weighted by atomic mass is 32.2. The van der Waals surface area contributed by atoms with Crippen LogP contribution in [0, 0.1) is 0 Å². The predicted molar refractivity (Wildman–Crippen MR) is 60.1 cm³/mol. The maximum atomic E-state index is 11.1. The van der Waals surface area contributed by atoms with Gasteiger partial charge in [0, 0.05) is 17.5 Å². The van der Waals surface area contributed by atoms with Crippen molar-refractivity contribution in [3.8, 4) is 0 Å². The number of thioether (sulfide) groups is 1. The molecule has 1 aromatic carbocycles. The van der Waals surface area contributed by atoms with E-state index in [1.165, 1.54) is 18.7 Å². The van der Waals surface area contributed by atoms with Crippen molar-refractivity contribution in [2.24, 2.45) is 0 Å². The van der Waals surface area contributed by atoms with Gasteiger partial charge in [-0.2, -0.15) is 0 Å². The predicted octanol–water partition coefficient (Wildman–Crippen LogP) is 1.69. The topological polar surface area (TPSA) is 58.2 Å². The Bertz CT molecular complexity index is 431. The number of hydrogen-bond donors (Lipinski definition) is 2. The van der Waals surface area contributed by atoms with E-state index in [0.717, 1.165) is 10.6 Å². The number of anilines is 2. The molecule has 0 radical (unpaired) electrons. The number of nitrogens with one attached hydrogen (secondary N) is 2. The Balaban J connectivity index is 2.28. The first-order valence-corrected chi connectivity index (χ1v) is 5.48. The molecule has 0 spiro atoms. The minimum atomic E-state index is -0.121. The van der Waals surface area contributed by atoms with Crippen LogP contribution in [0.3, 0.4) is 0 Å². The van der Waals surface area contributed by atoms with Gasteiger partial charge in [0.2, 0.25) is 11.8 Å². The van der Waals surface area contributed by atoms with Gasteiger partial charge in [0.15, 0.2) is 0 Å². The minimum absolute atomic E-state index is 0.00697. The molecule has 0 atom stereocenters. The van der Waals surface area contributed by atoms with Gasteiger partial charge >= 0.3 is 0 Å². The van der Waals surface area contributed by atoms with Gasteiger partial charge in [-0.15, -0.1) is 11.8 Å². The van der Waals surface area contributed by atoms with Crippen molar-refractivity contribution < 1.29 is 9.59 Å². The van der Waals surface area contributed by atoms with E-state index in [1.54, 1.807) is 6.07 Å². The standard InChI is InChI=1S/C10H10N2O2S/c1-6(13)11-7-2-3-9-8(4-7)12-10(14)5-15-9/h2-4H,5H2,1H3,(H,11,13)(H,12,14). The van der Waals surface area contributed by atoms with Crippen molar-refractivity contribution in [3.63, 3.8) is 0 Å². The molecular formula is C10H10N2O2S. The average molecular weight is 222 g/mol. The summed E-state index contributed by atoms with van der Waals surface area (Å²) in [7, 11) is 0. The molecule has 4 nitrogen and oxygen atoms in total. The van der Waals surface area contributed by atoms with E-state index >= 15 is 0 Å². The van der Waals surface area contributed by atoms with Crippen molar-refractivity contribution in [2.75, 3.05) is 16.4 Å². The van der Waals surface area contributed by atoms with Crippen LogP contribution in [0.2, 0.25) is 0 Å². The highest BCUT2D eigenvalue weighted by Crippen LogP contribution is 2.33. The van der Waals surface area contributed by atoms with Gasteiger partial charge in [0.05, 0.1) is 11.4 Å². The molecule has 1 aliphatic rings. The lowest BCUT2D eigenvalue weighted by Crippen LogP contribution is -2.18. The molecular weight excluding hydrogens is 212 g/mol. The first-order chi connectivity index (χ1) is 7.15. The molecule has 15 heavy (non-hydrogen) atoms. The number of carbonyl (C=O) groups excluding carboxylic acids is 2. The van der Waals surface area contributed by atoms with Gasteiger partial charge in [0.1, 0.15) is 0 Å². The zero-order valence-electron chi connectivity index (χ0n) is 8.16. The Morgan fingerprint density at radius 2 is 2.33 bits per heavy atom. The average Bonchev–Trinajstić information content (AvgIpc) is 2.16. The molecule has 1 aromatic rings. The second-order valence-corrected chi connectivity index (χ2v) is 4.25. The summed E-state index contributed by atoms with van der Waals surface area (Å²) < 4.78 is 0. The van der Waals surface area contributed by atoms with Gasteiger partial charge in [-0.1, -0.05) is 0 Å². The number of carbonyl (C=O) groups is 2. The van der Waals surface area contributed by atoms with Gasteiger partial charge in [-0.25, -0.2) is 0 Å². The second kappa shape index (κ2) is 3.94. The molecule has 1 heterocycles. The van der Waals surface area contributed by atoms with Gasteiger partial charge in [0.25, 0.3) is 0 Å². The summed E-state index contributed by atoms with van der Waals surface area (Å²) in [5.41, 5.74) is 1.46. The van der Waals surface area contributed by atoms with E-state index in [2.05, 4.69) is 10.6 Å². The van der Waals surface area contributed by atoms with E-state index < -0.39 is 0 Å². The molecule has 5 heteroatoms. The number of fused-ring (bicyclic) bond motifs is 1. The fraction of sp³-hybridized carbons (Fsp3) is 0.200. The highest BCUT2D eigenvalue weighted by molar-refractivity contribution is 8.00. The molecule has 0 bridgehead atoms. The summed E-state index contributed by atoms with van der Waals surface area (Å²) in [6.07, 6.45) is 0. The molecule has 2 rings (SSSR count). The van der Waals surface area contributed by atoms with Crippen molar-refractivity contribution in [3.05, 3.63) is 18.2 Å². The summed E-state index contributed by atoms with van der Waals surface area (Å²) >= 11 is 1.50. The Morgan fingerprint density at radius 3 is 3.07 bits per heavy atom. The van der Waals surface area contributed by atoms with E-state index in [0.29, 0.717) is 11.4 Å². The summed E-state index contributed by atoms with van der Waals surface area (Å²) in [4.78, 5) is 23.0. The lowest BCUT2D eigenvalue weighted by Gasteiger charge is -2.16. The third-order valence-corrected chi connectivity index (χ3v) is 3.01. The number of hydrogen-bond acceptors (Lipinski definition) is 3. The summed E-state index contributed by atoms with van der Waals surface area (Å²) in [5.74, 6) is 0.323. The summed E-state index contributed by atoms with van der Waals surface area (Å²) in [6.45, 7) is 1.45. The molecule has 0 saturated carbocycles. The van der Waals surface area contributed by atoms with Crippen molar-refractivity contribution in [1.29, 1.82) is 0 Å². The molecule has 78 valence electrons. The van der Waals surface area contributed by atoms with E-state index in [1.807, 2.05) is 12.1 Å². The molecule has 2 amide bonds. The Labute approximate surface area is 91.4 Å². The molecule has 0 fully saturated rings. The van der Waals surface area contributed by atoms with Crippen LogP contribution >= 0.6 is 11.8 Å².